The highest BCUT2D eigenvalue weighted by atomic mass is 32.2. The Morgan fingerprint density at radius 3 is 2.61 bits per heavy atom. The average Bonchev–Trinajstić information content (AvgIpc) is 3.03. The molecule has 0 bridgehead atoms. The first-order valence-corrected chi connectivity index (χ1v) is 11.2. The van der Waals surface area contributed by atoms with Gasteiger partial charge in [-0.2, -0.15) is 10.5 Å². The maximum absolute atomic E-state index is 12.5. The molecule has 0 radical (unpaired) electrons. The second kappa shape index (κ2) is 8.77. The normalized spacial score (nSPS) is 12.8. The summed E-state index contributed by atoms with van der Waals surface area (Å²) in [7, 11) is 0. The predicted octanol–water partition coefficient (Wildman–Crippen LogP) is 4.68. The minimum absolute atomic E-state index is 0.152. The van der Waals surface area contributed by atoms with Crippen molar-refractivity contribution < 1.29 is 4.79 Å². The van der Waals surface area contributed by atoms with Gasteiger partial charge >= 0.3 is 0 Å². The third-order valence-corrected chi connectivity index (χ3v) is 7.27. The summed E-state index contributed by atoms with van der Waals surface area (Å²) in [6, 6.07) is 4.50. The van der Waals surface area contributed by atoms with Gasteiger partial charge in [-0.05, 0) is 62.6 Å². The maximum Gasteiger partial charge on any atom is 0.235 e. The number of amides is 1. The lowest BCUT2D eigenvalue weighted by Crippen LogP contribution is -2.14. The van der Waals surface area contributed by atoms with Crippen LogP contribution in [0.15, 0.2) is 5.03 Å². The number of nitrogens with zero attached hydrogens (tertiary/aromatic N) is 3. The van der Waals surface area contributed by atoms with Gasteiger partial charge in [0.05, 0.1) is 16.9 Å². The number of nitriles is 2. The first kappa shape index (κ1) is 20.4. The van der Waals surface area contributed by atoms with E-state index >= 15 is 0 Å². The monoisotopic (exact) mass is 410 g/mol. The van der Waals surface area contributed by atoms with E-state index in [0.717, 1.165) is 54.5 Å². The van der Waals surface area contributed by atoms with E-state index in [1.165, 1.54) is 28.0 Å². The summed E-state index contributed by atoms with van der Waals surface area (Å²) in [4.78, 5) is 18.3. The number of aryl methyl sites for hydroxylation is 2. The van der Waals surface area contributed by atoms with Crippen molar-refractivity contribution in [2.75, 3.05) is 11.1 Å². The van der Waals surface area contributed by atoms with Gasteiger partial charge in [-0.15, -0.1) is 11.3 Å². The van der Waals surface area contributed by atoms with Crippen LogP contribution in [0.5, 0.6) is 0 Å². The molecule has 0 aliphatic heterocycles. The van der Waals surface area contributed by atoms with Crippen LogP contribution in [0.25, 0.3) is 0 Å². The van der Waals surface area contributed by atoms with Crippen LogP contribution in [-0.4, -0.2) is 16.6 Å². The van der Waals surface area contributed by atoms with E-state index in [-0.39, 0.29) is 11.7 Å². The number of carbonyl (C=O) groups excluding carboxylic acids is 1. The van der Waals surface area contributed by atoms with Crippen molar-refractivity contribution in [3.05, 3.63) is 38.4 Å². The van der Waals surface area contributed by atoms with E-state index in [1.54, 1.807) is 0 Å². The summed E-state index contributed by atoms with van der Waals surface area (Å²) in [5, 5.41) is 23.2. The van der Waals surface area contributed by atoms with Crippen LogP contribution in [0.4, 0.5) is 5.00 Å². The molecular weight excluding hydrogens is 388 g/mol. The minimum Gasteiger partial charge on any atom is -0.316 e. The molecule has 1 amide bonds. The number of fused-ring (bicyclic) bond motifs is 1. The van der Waals surface area contributed by atoms with Crippen molar-refractivity contribution in [3.63, 3.8) is 0 Å². The molecule has 144 valence electrons. The molecule has 1 aliphatic carbocycles. The summed E-state index contributed by atoms with van der Waals surface area (Å²) < 4.78 is 0. The van der Waals surface area contributed by atoms with Gasteiger partial charge in [0, 0.05) is 10.6 Å². The lowest BCUT2D eigenvalue weighted by Gasteiger charge is -2.12. The molecule has 0 aromatic carbocycles. The van der Waals surface area contributed by atoms with Crippen LogP contribution in [0.3, 0.4) is 0 Å². The molecule has 3 rings (SSSR count). The number of hydrogen-bond acceptors (Lipinski definition) is 6. The molecule has 7 heteroatoms. The third-order valence-electron chi connectivity index (χ3n) is 5.09. The van der Waals surface area contributed by atoms with E-state index in [4.69, 9.17) is 0 Å². The molecule has 1 N–H and O–H groups in total. The van der Waals surface area contributed by atoms with Crippen molar-refractivity contribution in [2.24, 2.45) is 0 Å². The molecule has 0 saturated heterocycles. The van der Waals surface area contributed by atoms with Crippen LogP contribution in [0.1, 0.15) is 58.2 Å². The summed E-state index contributed by atoms with van der Waals surface area (Å²) in [5.74, 6) is -0.0277. The lowest BCUT2D eigenvalue weighted by atomic mass is 9.96. The van der Waals surface area contributed by atoms with Gasteiger partial charge in [-0.3, -0.25) is 4.79 Å². The molecule has 28 heavy (non-hydrogen) atoms. The Kier molecular flexibility index (Phi) is 6.39. The smallest absolute Gasteiger partial charge is 0.235 e. The molecular formula is C21H22N4OS2. The number of thioether (sulfide) groups is 1. The Balaban J connectivity index is 1.75. The molecule has 2 aromatic rings. The van der Waals surface area contributed by atoms with E-state index in [2.05, 4.69) is 22.4 Å². The quantitative estimate of drug-likeness (QED) is 0.723. The second-order valence-electron chi connectivity index (χ2n) is 6.81. The molecule has 0 unspecified atom stereocenters. The van der Waals surface area contributed by atoms with E-state index in [1.807, 2.05) is 20.8 Å². The Morgan fingerprint density at radius 2 is 1.93 bits per heavy atom. The zero-order valence-corrected chi connectivity index (χ0v) is 17.9. The molecule has 0 fully saturated rings. The largest absolute Gasteiger partial charge is 0.316 e. The Hall–Kier alpha value is -2.35. The van der Waals surface area contributed by atoms with Crippen LogP contribution >= 0.6 is 23.1 Å². The van der Waals surface area contributed by atoms with Crippen molar-refractivity contribution in [2.45, 2.75) is 57.9 Å². The minimum atomic E-state index is -0.180. The van der Waals surface area contributed by atoms with Gasteiger partial charge in [-0.25, -0.2) is 4.98 Å². The van der Waals surface area contributed by atoms with E-state index < -0.39 is 0 Å². The Morgan fingerprint density at radius 1 is 1.21 bits per heavy atom. The van der Waals surface area contributed by atoms with Gasteiger partial charge in [-0.1, -0.05) is 18.7 Å². The summed E-state index contributed by atoms with van der Waals surface area (Å²) in [6.07, 6.45) is 4.95. The second-order valence-corrected chi connectivity index (χ2v) is 8.88. The SMILES string of the molecule is CCc1c(C)nc(SCC(=O)Nc2sc3c(c2C#N)CCCC3)c(C#N)c1C. The van der Waals surface area contributed by atoms with Gasteiger partial charge in [0.25, 0.3) is 0 Å². The number of nitrogens with one attached hydrogen (secondary N) is 1. The fourth-order valence-electron chi connectivity index (χ4n) is 3.68. The number of thiophene rings is 1. The molecule has 1 aliphatic rings. The van der Waals surface area contributed by atoms with Crippen LogP contribution in [0.2, 0.25) is 0 Å². The standard InChI is InChI=1S/C21H22N4OS2/c1-4-14-12(2)16(9-22)20(24-13(14)3)27-11-19(26)25-21-17(10-23)15-7-5-6-8-18(15)28-21/h4-8,11H2,1-3H3,(H,25,26). The van der Waals surface area contributed by atoms with E-state index in [9.17, 15) is 15.3 Å². The number of pyridine rings is 1. The molecule has 0 atom stereocenters. The van der Waals surface area contributed by atoms with Crippen LogP contribution in [0, 0.1) is 36.5 Å². The van der Waals surface area contributed by atoms with Crippen molar-refractivity contribution in [3.8, 4) is 12.1 Å². The first-order chi connectivity index (χ1) is 13.5. The van der Waals surface area contributed by atoms with Crippen molar-refractivity contribution in [1.29, 1.82) is 10.5 Å². The highest BCUT2D eigenvalue weighted by molar-refractivity contribution is 8.00. The molecule has 2 heterocycles. The van der Waals surface area contributed by atoms with Gasteiger partial charge < -0.3 is 5.32 Å². The molecule has 2 aromatic heterocycles. The average molecular weight is 411 g/mol. The Bertz CT molecular complexity index is 1010. The summed E-state index contributed by atoms with van der Waals surface area (Å²) >= 11 is 2.79. The number of carbonyl (C=O) groups is 1. The number of anilines is 1. The van der Waals surface area contributed by atoms with Crippen molar-refractivity contribution in [1.82, 2.24) is 4.98 Å². The highest BCUT2D eigenvalue weighted by Crippen LogP contribution is 2.37. The summed E-state index contributed by atoms with van der Waals surface area (Å²) in [5.41, 5.74) is 5.21. The summed E-state index contributed by atoms with van der Waals surface area (Å²) in [6.45, 7) is 5.92. The van der Waals surface area contributed by atoms with Crippen LogP contribution < -0.4 is 5.32 Å². The topological polar surface area (TPSA) is 89.6 Å². The molecule has 5 nitrogen and oxygen atoms in total. The predicted molar refractivity (Wildman–Crippen MR) is 113 cm³/mol. The van der Waals surface area contributed by atoms with Gasteiger partial charge in [0.15, 0.2) is 0 Å². The number of rotatable bonds is 5. The lowest BCUT2D eigenvalue weighted by molar-refractivity contribution is -0.113. The number of aromatic nitrogens is 1. The van der Waals surface area contributed by atoms with Crippen LogP contribution in [-0.2, 0) is 24.1 Å². The highest BCUT2D eigenvalue weighted by Gasteiger charge is 2.22. The maximum atomic E-state index is 12.5. The van der Waals surface area contributed by atoms with Gasteiger partial charge in [0.2, 0.25) is 5.91 Å². The molecule has 0 saturated carbocycles. The fraction of sp³-hybridized carbons (Fsp3) is 0.429. The number of hydrogen-bond donors (Lipinski definition) is 1. The fourth-order valence-corrected chi connectivity index (χ4v) is 5.82. The Labute approximate surface area is 173 Å². The van der Waals surface area contributed by atoms with E-state index in [0.29, 0.717) is 21.2 Å². The zero-order chi connectivity index (χ0) is 20.3. The first-order valence-electron chi connectivity index (χ1n) is 9.37. The molecule has 0 spiro atoms. The van der Waals surface area contributed by atoms with Gasteiger partial charge in [0.1, 0.15) is 22.2 Å². The third kappa shape index (κ3) is 3.92. The van der Waals surface area contributed by atoms with Crippen molar-refractivity contribution >= 4 is 34.0 Å². The zero-order valence-electron chi connectivity index (χ0n) is 16.3.